The van der Waals surface area contributed by atoms with Gasteiger partial charge in [-0.25, -0.2) is 13.2 Å². The van der Waals surface area contributed by atoms with Crippen LogP contribution in [0.15, 0.2) is 0 Å². The van der Waals surface area contributed by atoms with Crippen molar-refractivity contribution >= 4 is 22.5 Å². The first-order valence-corrected chi connectivity index (χ1v) is 4.18. The molecule has 1 aromatic carbocycles. The largest absolute Gasteiger partial charge is 0.290 e. The first kappa shape index (κ1) is 12.4. The number of nitro groups is 1. The number of hydrogen-bond donors (Lipinski definition) is 0. The van der Waals surface area contributed by atoms with Crippen molar-refractivity contribution in [3.63, 3.8) is 0 Å². The van der Waals surface area contributed by atoms with E-state index < -0.39 is 44.4 Å². The normalized spacial score (nSPS) is 10.3. The fourth-order valence-electron chi connectivity index (χ4n) is 1.17. The molecule has 0 aliphatic carbocycles. The molecule has 0 N–H and O–H groups in total. The molecule has 0 atom stereocenters. The number of rotatable bonds is 2. The van der Waals surface area contributed by atoms with E-state index in [1.807, 2.05) is 0 Å². The lowest BCUT2D eigenvalue weighted by Crippen LogP contribution is -2.09. The molecule has 0 aliphatic rings. The molecule has 0 fully saturated rings. The van der Waals surface area contributed by atoms with Gasteiger partial charge >= 0.3 is 0 Å². The molecule has 0 bridgehead atoms. The Morgan fingerprint density at radius 2 is 1.75 bits per heavy atom. The Hall–Kier alpha value is -1.63. The maximum Gasteiger partial charge on any atom is 0.290 e. The van der Waals surface area contributed by atoms with Gasteiger partial charge in [-0.3, -0.25) is 14.9 Å². The molecule has 0 radical (unpaired) electrons. The van der Waals surface area contributed by atoms with Crippen LogP contribution in [0.25, 0.3) is 0 Å². The van der Waals surface area contributed by atoms with Crippen LogP contribution in [0.1, 0.15) is 15.9 Å². The lowest BCUT2D eigenvalue weighted by atomic mass is 10.1. The van der Waals surface area contributed by atoms with Crippen molar-refractivity contribution in [1.29, 1.82) is 0 Å². The van der Waals surface area contributed by atoms with Gasteiger partial charge in [0, 0.05) is 0 Å². The topological polar surface area (TPSA) is 60.2 Å². The van der Waals surface area contributed by atoms with Crippen LogP contribution in [0.4, 0.5) is 18.9 Å². The fourth-order valence-corrected chi connectivity index (χ4v) is 1.35. The van der Waals surface area contributed by atoms with Crippen LogP contribution in [0.3, 0.4) is 0 Å². The Kier molecular flexibility index (Phi) is 3.18. The molecule has 86 valence electrons. The number of carbonyl (C=O) groups excluding carboxylic acids is 1. The van der Waals surface area contributed by atoms with Crippen LogP contribution < -0.4 is 0 Å². The number of carbonyl (C=O) groups is 1. The first-order valence-electron chi connectivity index (χ1n) is 3.80. The molecule has 0 spiro atoms. The quantitative estimate of drug-likeness (QED) is 0.352. The van der Waals surface area contributed by atoms with Gasteiger partial charge in [0.15, 0.2) is 23.0 Å². The van der Waals surface area contributed by atoms with Gasteiger partial charge in [0.2, 0.25) is 0 Å². The molecular weight excluding hydrogens is 251 g/mol. The predicted molar refractivity (Wildman–Crippen MR) is 47.9 cm³/mol. The predicted octanol–water partition coefficient (Wildman–Crippen LogP) is 2.70. The van der Waals surface area contributed by atoms with E-state index >= 15 is 0 Å². The second-order valence-corrected chi connectivity index (χ2v) is 3.16. The third-order valence-corrected chi connectivity index (χ3v) is 2.09. The number of halogens is 4. The van der Waals surface area contributed by atoms with Crippen LogP contribution in [0.5, 0.6) is 0 Å². The lowest BCUT2D eigenvalue weighted by molar-refractivity contribution is -0.386. The van der Waals surface area contributed by atoms with Crippen molar-refractivity contribution in [2.24, 2.45) is 0 Å². The highest BCUT2D eigenvalue weighted by Crippen LogP contribution is 2.31. The summed E-state index contributed by atoms with van der Waals surface area (Å²) < 4.78 is 38.9. The van der Waals surface area contributed by atoms with Crippen molar-refractivity contribution in [2.75, 3.05) is 0 Å². The number of nitro benzene ring substituents is 1. The zero-order chi connectivity index (χ0) is 12.6. The monoisotopic (exact) mass is 253 g/mol. The minimum absolute atomic E-state index is 0.784. The van der Waals surface area contributed by atoms with Crippen molar-refractivity contribution in [1.82, 2.24) is 0 Å². The molecule has 0 aromatic heterocycles. The minimum Gasteiger partial charge on any atom is -0.275 e. The highest BCUT2D eigenvalue weighted by atomic mass is 35.5. The Labute approximate surface area is 91.8 Å². The van der Waals surface area contributed by atoms with Gasteiger partial charge in [0.1, 0.15) is 0 Å². The van der Waals surface area contributed by atoms with Crippen LogP contribution in [-0.4, -0.2) is 10.2 Å². The Balaban J connectivity index is 3.83. The fraction of sp³-hybridized carbons (Fsp3) is 0.125. The summed E-state index contributed by atoms with van der Waals surface area (Å²) in [5.74, 6) is -5.65. The van der Waals surface area contributed by atoms with Crippen molar-refractivity contribution in [3.8, 4) is 0 Å². The van der Waals surface area contributed by atoms with Gasteiger partial charge in [-0.05, 0) is 18.5 Å². The number of nitrogens with zero attached hydrogens (tertiary/aromatic N) is 1. The van der Waals surface area contributed by atoms with Crippen molar-refractivity contribution < 1.29 is 22.9 Å². The summed E-state index contributed by atoms with van der Waals surface area (Å²) in [5, 5.41) is 8.94. The highest BCUT2D eigenvalue weighted by molar-refractivity contribution is 6.68. The van der Waals surface area contributed by atoms with Crippen LogP contribution >= 0.6 is 11.6 Å². The first-order chi connectivity index (χ1) is 7.29. The molecule has 0 saturated carbocycles. The number of hydrogen-bond acceptors (Lipinski definition) is 3. The van der Waals surface area contributed by atoms with E-state index in [9.17, 15) is 28.1 Å². The summed E-state index contributed by atoms with van der Waals surface area (Å²) in [6.45, 7) is 0.847. The zero-order valence-corrected chi connectivity index (χ0v) is 8.44. The van der Waals surface area contributed by atoms with E-state index in [1.54, 1.807) is 0 Å². The van der Waals surface area contributed by atoms with Crippen LogP contribution in [-0.2, 0) is 0 Å². The van der Waals surface area contributed by atoms with E-state index in [-0.39, 0.29) is 0 Å². The molecular formula is C8H3ClF3NO3. The molecule has 16 heavy (non-hydrogen) atoms. The summed E-state index contributed by atoms with van der Waals surface area (Å²) in [4.78, 5) is 20.0. The highest BCUT2D eigenvalue weighted by Gasteiger charge is 2.33. The van der Waals surface area contributed by atoms with E-state index in [4.69, 9.17) is 11.6 Å². The second-order valence-electron chi connectivity index (χ2n) is 2.82. The molecule has 0 unspecified atom stereocenters. The summed E-state index contributed by atoms with van der Waals surface area (Å²) in [7, 11) is 0. The molecule has 0 amide bonds. The third kappa shape index (κ3) is 1.73. The van der Waals surface area contributed by atoms with Gasteiger partial charge in [-0.1, -0.05) is 0 Å². The summed E-state index contributed by atoms with van der Waals surface area (Å²) in [6.07, 6.45) is 0. The molecule has 0 aliphatic heterocycles. The zero-order valence-electron chi connectivity index (χ0n) is 7.68. The Morgan fingerprint density at radius 3 is 2.12 bits per heavy atom. The van der Waals surface area contributed by atoms with Crippen molar-refractivity contribution in [2.45, 2.75) is 6.92 Å². The van der Waals surface area contributed by atoms with E-state index in [1.165, 1.54) is 0 Å². The Bertz CT molecular complexity index is 459. The average molecular weight is 254 g/mol. The summed E-state index contributed by atoms with van der Waals surface area (Å²) >= 11 is 4.88. The third-order valence-electron chi connectivity index (χ3n) is 1.91. The van der Waals surface area contributed by atoms with Crippen LogP contribution in [0, 0.1) is 34.5 Å². The molecule has 0 saturated heterocycles. The van der Waals surface area contributed by atoms with E-state index in [2.05, 4.69) is 0 Å². The van der Waals surface area contributed by atoms with Crippen LogP contribution in [0.2, 0.25) is 0 Å². The Morgan fingerprint density at radius 1 is 1.25 bits per heavy atom. The molecule has 8 heteroatoms. The molecule has 0 heterocycles. The van der Waals surface area contributed by atoms with Crippen molar-refractivity contribution in [3.05, 3.63) is 38.7 Å². The smallest absolute Gasteiger partial charge is 0.275 e. The SMILES string of the molecule is Cc1c(F)c(F)c(F)c(C(=O)Cl)c1[N+](=O)[O-]. The molecule has 1 aromatic rings. The molecule has 4 nitrogen and oxygen atoms in total. The minimum atomic E-state index is -1.97. The van der Waals surface area contributed by atoms with Gasteiger partial charge in [-0.15, -0.1) is 0 Å². The van der Waals surface area contributed by atoms with E-state index in [0.717, 1.165) is 6.92 Å². The van der Waals surface area contributed by atoms with Gasteiger partial charge in [0.25, 0.3) is 10.9 Å². The maximum atomic E-state index is 13.1. The maximum absolute atomic E-state index is 13.1. The lowest BCUT2D eigenvalue weighted by Gasteiger charge is -2.05. The van der Waals surface area contributed by atoms with Gasteiger partial charge < -0.3 is 0 Å². The summed E-state index contributed by atoms with van der Waals surface area (Å²) in [6, 6.07) is 0. The van der Waals surface area contributed by atoms with Gasteiger partial charge in [-0.2, -0.15) is 0 Å². The number of benzene rings is 1. The summed E-state index contributed by atoms with van der Waals surface area (Å²) in [5.41, 5.74) is -3.23. The standard InChI is InChI=1S/C8H3ClF3NO3/c1-2-4(10)6(12)5(11)3(8(9)14)7(2)13(15)16/h1H3. The second kappa shape index (κ2) is 4.09. The molecule has 1 rings (SSSR count). The van der Waals surface area contributed by atoms with E-state index in [0.29, 0.717) is 0 Å². The van der Waals surface area contributed by atoms with Gasteiger partial charge in [0.05, 0.1) is 10.5 Å². The average Bonchev–Trinajstić information content (AvgIpc) is 2.18.